The molecule has 2 aromatic heterocycles. The molecule has 0 spiro atoms. The molecule has 0 fully saturated rings. The zero-order valence-electron chi connectivity index (χ0n) is 13.5. The first-order valence-electron chi connectivity index (χ1n) is 7.51. The third-order valence-electron chi connectivity index (χ3n) is 3.37. The number of rotatable bonds is 5. The smallest absolute Gasteiger partial charge is 0.391 e. The second-order valence-electron chi connectivity index (χ2n) is 5.39. The van der Waals surface area contributed by atoms with Crippen LogP contribution >= 0.6 is 23.2 Å². The van der Waals surface area contributed by atoms with E-state index in [-0.39, 0.29) is 17.6 Å². The summed E-state index contributed by atoms with van der Waals surface area (Å²) in [7, 11) is 0. The van der Waals surface area contributed by atoms with Gasteiger partial charge in [0, 0.05) is 16.8 Å². The lowest BCUT2D eigenvalue weighted by Gasteiger charge is -2.08. The van der Waals surface area contributed by atoms with Gasteiger partial charge < -0.3 is 4.84 Å². The fourth-order valence-electron chi connectivity index (χ4n) is 2.08. The van der Waals surface area contributed by atoms with Crippen LogP contribution in [-0.4, -0.2) is 21.0 Å². The lowest BCUT2D eigenvalue weighted by atomic mass is 10.2. The lowest BCUT2D eigenvalue weighted by Crippen LogP contribution is -2.08. The molecule has 0 aliphatic heterocycles. The molecule has 140 valence electrons. The minimum absolute atomic E-state index is 0.0587. The molecule has 10 heteroatoms. The van der Waals surface area contributed by atoms with Crippen molar-refractivity contribution in [2.24, 2.45) is 5.16 Å². The van der Waals surface area contributed by atoms with Gasteiger partial charge in [0.1, 0.15) is 11.8 Å². The summed E-state index contributed by atoms with van der Waals surface area (Å²) in [6, 6.07) is 8.69. The summed E-state index contributed by atoms with van der Waals surface area (Å²) in [5.74, 6) is -0.0587. The second-order valence-corrected chi connectivity index (χ2v) is 6.21. The Balaban J connectivity index is 1.68. The van der Waals surface area contributed by atoms with E-state index in [9.17, 15) is 13.2 Å². The topological polar surface area (TPSA) is 52.3 Å². The van der Waals surface area contributed by atoms with Gasteiger partial charge in [0.05, 0.1) is 18.0 Å². The van der Waals surface area contributed by atoms with Crippen LogP contribution in [0.25, 0.3) is 5.82 Å². The Kier molecular flexibility index (Phi) is 5.67. The first-order chi connectivity index (χ1) is 12.8. The van der Waals surface area contributed by atoms with Crippen molar-refractivity contribution in [3.8, 4) is 5.82 Å². The Hall–Kier alpha value is -2.58. The van der Waals surface area contributed by atoms with E-state index < -0.39 is 11.7 Å². The molecule has 0 unspecified atom stereocenters. The van der Waals surface area contributed by atoms with Crippen molar-refractivity contribution in [3.63, 3.8) is 0 Å². The van der Waals surface area contributed by atoms with Crippen molar-refractivity contribution in [2.45, 2.75) is 12.8 Å². The van der Waals surface area contributed by atoms with E-state index in [0.717, 1.165) is 17.7 Å². The highest BCUT2D eigenvalue weighted by atomic mass is 35.5. The van der Waals surface area contributed by atoms with Crippen LogP contribution in [-0.2, 0) is 17.6 Å². The number of pyridine rings is 1. The van der Waals surface area contributed by atoms with E-state index in [1.54, 1.807) is 24.3 Å². The summed E-state index contributed by atoms with van der Waals surface area (Å²) in [5.41, 5.74) is 0.492. The Morgan fingerprint density at radius 1 is 1.15 bits per heavy atom. The molecule has 0 aliphatic rings. The third-order valence-corrected chi connectivity index (χ3v) is 3.81. The molecule has 27 heavy (non-hydrogen) atoms. The molecule has 1 aromatic carbocycles. The molecule has 0 aliphatic carbocycles. The van der Waals surface area contributed by atoms with E-state index in [1.165, 1.54) is 23.3 Å². The highest BCUT2D eigenvalue weighted by Gasteiger charge is 2.31. The van der Waals surface area contributed by atoms with E-state index in [2.05, 4.69) is 15.2 Å². The van der Waals surface area contributed by atoms with E-state index in [1.807, 2.05) is 0 Å². The first kappa shape index (κ1) is 19.2. The Morgan fingerprint density at radius 3 is 2.59 bits per heavy atom. The zero-order chi connectivity index (χ0) is 19.4. The minimum atomic E-state index is -4.53. The van der Waals surface area contributed by atoms with Gasteiger partial charge in [-0.1, -0.05) is 40.5 Å². The van der Waals surface area contributed by atoms with E-state index in [0.29, 0.717) is 10.6 Å². The summed E-state index contributed by atoms with van der Waals surface area (Å²) < 4.78 is 39.8. The monoisotopic (exact) mass is 414 g/mol. The number of aromatic nitrogens is 3. The first-order valence-corrected chi connectivity index (χ1v) is 8.26. The van der Waals surface area contributed by atoms with Gasteiger partial charge in [0.2, 0.25) is 0 Å². The molecule has 3 aromatic rings. The molecule has 0 atom stereocenters. The molecular weight excluding hydrogens is 404 g/mol. The van der Waals surface area contributed by atoms with Gasteiger partial charge in [0.15, 0.2) is 5.82 Å². The lowest BCUT2D eigenvalue weighted by molar-refractivity contribution is -0.137. The average molecular weight is 415 g/mol. The fraction of sp³-hybridized carbons (Fsp3) is 0.118. The van der Waals surface area contributed by atoms with Crippen LogP contribution in [0, 0.1) is 0 Å². The van der Waals surface area contributed by atoms with Crippen LogP contribution in [0.1, 0.15) is 16.7 Å². The van der Waals surface area contributed by atoms with Gasteiger partial charge in [-0.25, -0.2) is 9.67 Å². The number of halogens is 5. The summed E-state index contributed by atoms with van der Waals surface area (Å²) in [4.78, 5) is 9.02. The number of hydrogen-bond acceptors (Lipinski definition) is 4. The minimum Gasteiger partial charge on any atom is -0.391 e. The molecule has 0 bridgehead atoms. The standard InChI is InChI=1S/C17H11Cl2F3N4O/c18-14-3-1-11(2-4-14)10-27-24-8-12-7-23-26(9-12)16-6-13(17(20,21)22)5-15(19)25-16/h1-9H,10H2. The predicted molar refractivity (Wildman–Crippen MR) is 95.2 cm³/mol. The van der Waals surface area contributed by atoms with Crippen LogP contribution < -0.4 is 0 Å². The maximum Gasteiger partial charge on any atom is 0.416 e. The summed E-state index contributed by atoms with van der Waals surface area (Å²) in [6.07, 6.45) is -0.290. The molecular formula is C17H11Cl2F3N4O. The SMILES string of the molecule is FC(F)(F)c1cc(Cl)nc(-n2cc(C=NOCc3ccc(Cl)cc3)cn2)c1. The van der Waals surface area contributed by atoms with Gasteiger partial charge >= 0.3 is 6.18 Å². The molecule has 0 N–H and O–H groups in total. The van der Waals surface area contributed by atoms with Gasteiger partial charge in [-0.05, 0) is 29.8 Å². The summed E-state index contributed by atoms with van der Waals surface area (Å²) in [6.45, 7) is 0.243. The van der Waals surface area contributed by atoms with Crippen LogP contribution in [0.5, 0.6) is 0 Å². The molecule has 0 radical (unpaired) electrons. The molecule has 0 saturated heterocycles. The highest BCUT2D eigenvalue weighted by molar-refractivity contribution is 6.30. The second kappa shape index (κ2) is 7.98. The number of nitrogens with zero attached hydrogens (tertiary/aromatic N) is 4. The van der Waals surface area contributed by atoms with Crippen molar-refractivity contribution >= 4 is 29.4 Å². The number of benzene rings is 1. The molecule has 0 amide bonds. The van der Waals surface area contributed by atoms with Crippen LogP contribution in [0.3, 0.4) is 0 Å². The third kappa shape index (κ3) is 5.21. The molecule has 5 nitrogen and oxygen atoms in total. The van der Waals surface area contributed by atoms with Crippen LogP contribution in [0.2, 0.25) is 10.2 Å². The predicted octanol–water partition coefficient (Wildman–Crippen LogP) is 5.14. The number of hydrogen-bond donors (Lipinski definition) is 0. The average Bonchev–Trinajstić information content (AvgIpc) is 3.08. The quantitative estimate of drug-likeness (QED) is 0.329. The highest BCUT2D eigenvalue weighted by Crippen LogP contribution is 2.31. The Morgan fingerprint density at radius 2 is 1.89 bits per heavy atom. The van der Waals surface area contributed by atoms with Gasteiger partial charge in [-0.2, -0.15) is 18.3 Å². The van der Waals surface area contributed by atoms with E-state index >= 15 is 0 Å². The number of alkyl halides is 3. The van der Waals surface area contributed by atoms with Crippen molar-refractivity contribution in [2.75, 3.05) is 0 Å². The van der Waals surface area contributed by atoms with Gasteiger partial charge in [-0.3, -0.25) is 0 Å². The van der Waals surface area contributed by atoms with Crippen molar-refractivity contribution in [1.29, 1.82) is 0 Å². The summed E-state index contributed by atoms with van der Waals surface area (Å²) >= 11 is 11.5. The molecule has 0 saturated carbocycles. The Labute approximate surface area is 162 Å². The van der Waals surface area contributed by atoms with Gasteiger partial charge in [0.25, 0.3) is 0 Å². The largest absolute Gasteiger partial charge is 0.416 e. The number of oxime groups is 1. The maximum atomic E-state index is 12.9. The maximum absolute atomic E-state index is 12.9. The summed E-state index contributed by atoms with van der Waals surface area (Å²) in [5, 5.41) is 8.11. The van der Waals surface area contributed by atoms with Gasteiger partial charge in [-0.15, -0.1) is 0 Å². The van der Waals surface area contributed by atoms with Crippen LogP contribution in [0.4, 0.5) is 13.2 Å². The molecule has 2 heterocycles. The van der Waals surface area contributed by atoms with Crippen LogP contribution in [0.15, 0.2) is 53.9 Å². The normalized spacial score (nSPS) is 11.9. The van der Waals surface area contributed by atoms with Crippen molar-refractivity contribution in [3.05, 3.63) is 75.7 Å². The van der Waals surface area contributed by atoms with Crippen molar-refractivity contribution < 1.29 is 18.0 Å². The Bertz CT molecular complexity index is 956. The van der Waals surface area contributed by atoms with Crippen molar-refractivity contribution in [1.82, 2.24) is 14.8 Å². The van der Waals surface area contributed by atoms with E-state index in [4.69, 9.17) is 28.0 Å². The molecule has 3 rings (SSSR count). The fourth-order valence-corrected chi connectivity index (χ4v) is 2.41. The zero-order valence-corrected chi connectivity index (χ0v) is 15.0.